The highest BCUT2D eigenvalue weighted by molar-refractivity contribution is 7.92. The van der Waals surface area contributed by atoms with Crippen LogP contribution in [0.3, 0.4) is 0 Å². The number of para-hydroxylation sites is 2. The molecule has 0 aliphatic carbocycles. The maximum atomic E-state index is 12.8. The number of halogens is 1. The van der Waals surface area contributed by atoms with Crippen molar-refractivity contribution in [2.45, 2.75) is 18.4 Å². The van der Waals surface area contributed by atoms with Gasteiger partial charge in [-0.1, -0.05) is 48.0 Å². The third kappa shape index (κ3) is 4.46. The Kier molecular flexibility index (Phi) is 6.17. The lowest BCUT2D eigenvalue weighted by Crippen LogP contribution is -2.13. The molecular weight excluding hydrogens is 464 g/mol. The summed E-state index contributed by atoms with van der Waals surface area (Å²) in [6, 6.07) is 19.1. The molecule has 2 N–H and O–H groups in total. The van der Waals surface area contributed by atoms with E-state index in [2.05, 4.69) is 15.0 Å². The number of amides is 1. The SMILES string of the molecule is CCn1c(O)c(N=NC(=O)c2cccc(S(=O)(=O)Nc3ccccc3Cl)c2)c2ccccc21. The lowest BCUT2D eigenvalue weighted by Gasteiger charge is -2.10. The van der Waals surface area contributed by atoms with Crippen LogP contribution >= 0.6 is 11.6 Å². The fourth-order valence-electron chi connectivity index (χ4n) is 3.39. The molecule has 1 aromatic heterocycles. The van der Waals surface area contributed by atoms with Crippen molar-refractivity contribution in [2.24, 2.45) is 10.2 Å². The first-order valence-corrected chi connectivity index (χ1v) is 11.8. The number of hydrogen-bond acceptors (Lipinski definition) is 5. The molecule has 168 valence electrons. The second-order valence-corrected chi connectivity index (χ2v) is 9.14. The van der Waals surface area contributed by atoms with Gasteiger partial charge in [-0.15, -0.1) is 10.2 Å². The topological polar surface area (TPSA) is 113 Å². The van der Waals surface area contributed by atoms with Gasteiger partial charge in [0.1, 0.15) is 0 Å². The Morgan fingerprint density at radius 1 is 1.06 bits per heavy atom. The molecule has 0 bridgehead atoms. The molecule has 0 aliphatic rings. The van der Waals surface area contributed by atoms with Crippen LogP contribution in [-0.2, 0) is 16.6 Å². The van der Waals surface area contributed by atoms with Crippen molar-refractivity contribution in [3.05, 3.63) is 83.4 Å². The van der Waals surface area contributed by atoms with E-state index in [0.29, 0.717) is 11.9 Å². The van der Waals surface area contributed by atoms with Gasteiger partial charge in [0.2, 0.25) is 5.88 Å². The summed E-state index contributed by atoms with van der Waals surface area (Å²) < 4.78 is 29.6. The van der Waals surface area contributed by atoms with Crippen LogP contribution in [-0.4, -0.2) is 24.0 Å². The summed E-state index contributed by atoms with van der Waals surface area (Å²) in [5.74, 6) is -0.854. The summed E-state index contributed by atoms with van der Waals surface area (Å²) in [6.45, 7) is 2.38. The molecular formula is C23H19ClN4O4S. The van der Waals surface area contributed by atoms with E-state index in [1.54, 1.807) is 34.9 Å². The first-order valence-electron chi connectivity index (χ1n) is 9.95. The molecule has 0 saturated carbocycles. The van der Waals surface area contributed by atoms with Crippen LogP contribution in [0, 0.1) is 0 Å². The Labute approximate surface area is 195 Å². The van der Waals surface area contributed by atoms with E-state index in [1.165, 1.54) is 30.3 Å². The van der Waals surface area contributed by atoms with Gasteiger partial charge in [-0.05, 0) is 43.3 Å². The molecule has 4 rings (SSSR count). The van der Waals surface area contributed by atoms with Crippen LogP contribution in [0.1, 0.15) is 17.3 Å². The second kappa shape index (κ2) is 9.05. The Bertz CT molecular complexity index is 1500. The van der Waals surface area contributed by atoms with Crippen molar-refractivity contribution >= 4 is 49.8 Å². The number of carbonyl (C=O) groups is 1. The predicted molar refractivity (Wildman–Crippen MR) is 127 cm³/mol. The predicted octanol–water partition coefficient (Wildman–Crippen LogP) is 5.75. The van der Waals surface area contributed by atoms with Crippen LogP contribution < -0.4 is 4.72 Å². The highest BCUT2D eigenvalue weighted by atomic mass is 35.5. The molecule has 1 heterocycles. The molecule has 0 saturated heterocycles. The maximum absolute atomic E-state index is 12.8. The number of sulfonamides is 1. The van der Waals surface area contributed by atoms with Crippen molar-refractivity contribution in [3.8, 4) is 5.88 Å². The van der Waals surface area contributed by atoms with Gasteiger partial charge in [-0.3, -0.25) is 9.52 Å². The molecule has 3 aromatic carbocycles. The minimum atomic E-state index is -4.00. The normalized spacial score (nSPS) is 11.8. The Hall–Kier alpha value is -3.69. The van der Waals surface area contributed by atoms with E-state index < -0.39 is 15.9 Å². The van der Waals surface area contributed by atoms with Crippen LogP contribution in [0.2, 0.25) is 5.02 Å². The van der Waals surface area contributed by atoms with E-state index in [4.69, 9.17) is 11.6 Å². The first kappa shape index (κ1) is 22.5. The fraction of sp³-hybridized carbons (Fsp3) is 0.0870. The highest BCUT2D eigenvalue weighted by Crippen LogP contribution is 2.38. The van der Waals surface area contributed by atoms with Gasteiger partial charge in [0.05, 0.1) is 21.1 Å². The fourth-order valence-corrected chi connectivity index (χ4v) is 4.75. The van der Waals surface area contributed by atoms with Gasteiger partial charge in [0, 0.05) is 17.5 Å². The van der Waals surface area contributed by atoms with E-state index in [-0.39, 0.29) is 32.7 Å². The average molecular weight is 483 g/mol. The molecule has 4 aromatic rings. The van der Waals surface area contributed by atoms with Crippen LogP contribution in [0.15, 0.2) is 87.9 Å². The largest absolute Gasteiger partial charge is 0.493 e. The minimum Gasteiger partial charge on any atom is -0.493 e. The molecule has 10 heteroatoms. The number of fused-ring (bicyclic) bond motifs is 1. The number of azo groups is 1. The van der Waals surface area contributed by atoms with E-state index in [9.17, 15) is 18.3 Å². The molecule has 0 atom stereocenters. The van der Waals surface area contributed by atoms with E-state index in [1.807, 2.05) is 19.1 Å². The number of nitrogens with one attached hydrogen (secondary N) is 1. The van der Waals surface area contributed by atoms with Crippen LogP contribution in [0.25, 0.3) is 10.9 Å². The molecule has 8 nitrogen and oxygen atoms in total. The van der Waals surface area contributed by atoms with Crippen molar-refractivity contribution < 1.29 is 18.3 Å². The standard InChI is InChI=1S/C23H19ClN4O4S/c1-2-28-20-13-6-3-10-17(20)21(23(28)30)25-26-22(29)15-8-7-9-16(14-15)33(31,32)27-19-12-5-4-11-18(19)24/h3-14,27,30H,2H2,1H3. The molecule has 33 heavy (non-hydrogen) atoms. The monoisotopic (exact) mass is 482 g/mol. The van der Waals surface area contributed by atoms with Crippen molar-refractivity contribution in [1.29, 1.82) is 0 Å². The highest BCUT2D eigenvalue weighted by Gasteiger charge is 2.19. The number of nitrogens with zero attached hydrogens (tertiary/aromatic N) is 3. The molecule has 0 radical (unpaired) electrons. The zero-order valence-corrected chi connectivity index (χ0v) is 19.0. The number of aryl methyl sites for hydroxylation is 1. The number of hydrogen-bond donors (Lipinski definition) is 2. The molecule has 0 aliphatic heterocycles. The lowest BCUT2D eigenvalue weighted by atomic mass is 10.2. The third-order valence-corrected chi connectivity index (χ3v) is 6.68. The zero-order valence-electron chi connectivity index (χ0n) is 17.4. The van der Waals surface area contributed by atoms with Gasteiger partial charge in [0.15, 0.2) is 5.69 Å². The summed E-state index contributed by atoms with van der Waals surface area (Å²) in [7, 11) is -4.00. The summed E-state index contributed by atoms with van der Waals surface area (Å²) in [5.41, 5.74) is 1.18. The summed E-state index contributed by atoms with van der Waals surface area (Å²) in [5, 5.41) is 19.1. The van der Waals surface area contributed by atoms with Crippen molar-refractivity contribution in [3.63, 3.8) is 0 Å². The first-order chi connectivity index (χ1) is 15.8. The lowest BCUT2D eigenvalue weighted by molar-refractivity contribution is 0.0995. The molecule has 1 amide bonds. The molecule has 0 fully saturated rings. The smallest absolute Gasteiger partial charge is 0.295 e. The molecule has 0 spiro atoms. The van der Waals surface area contributed by atoms with Crippen molar-refractivity contribution in [1.82, 2.24) is 4.57 Å². The van der Waals surface area contributed by atoms with Gasteiger partial charge in [-0.2, -0.15) is 0 Å². The summed E-state index contributed by atoms with van der Waals surface area (Å²) in [4.78, 5) is 12.5. The number of aromatic hydroxyl groups is 1. The zero-order chi connectivity index (χ0) is 23.6. The Morgan fingerprint density at radius 2 is 1.79 bits per heavy atom. The number of aromatic nitrogens is 1. The van der Waals surface area contributed by atoms with Gasteiger partial charge >= 0.3 is 0 Å². The number of carbonyl (C=O) groups excluding carboxylic acids is 1. The van der Waals surface area contributed by atoms with Crippen LogP contribution in [0.5, 0.6) is 5.88 Å². The minimum absolute atomic E-state index is 0.0273. The van der Waals surface area contributed by atoms with E-state index in [0.717, 1.165) is 5.52 Å². The average Bonchev–Trinajstić information content (AvgIpc) is 3.09. The second-order valence-electron chi connectivity index (χ2n) is 7.05. The summed E-state index contributed by atoms with van der Waals surface area (Å²) in [6.07, 6.45) is 0. The van der Waals surface area contributed by atoms with Gasteiger partial charge in [-0.25, -0.2) is 8.42 Å². The number of rotatable bonds is 6. The van der Waals surface area contributed by atoms with Crippen molar-refractivity contribution in [2.75, 3.05) is 4.72 Å². The van der Waals surface area contributed by atoms with E-state index >= 15 is 0 Å². The Morgan fingerprint density at radius 3 is 2.55 bits per heavy atom. The van der Waals surface area contributed by atoms with Gasteiger partial charge < -0.3 is 9.67 Å². The quantitative estimate of drug-likeness (QED) is 0.341. The third-order valence-electron chi connectivity index (χ3n) is 4.98. The summed E-state index contributed by atoms with van der Waals surface area (Å²) >= 11 is 6.03. The maximum Gasteiger partial charge on any atom is 0.295 e. The van der Waals surface area contributed by atoms with Crippen LogP contribution in [0.4, 0.5) is 11.4 Å². The molecule has 0 unspecified atom stereocenters. The Balaban J connectivity index is 1.63. The number of anilines is 1. The number of benzene rings is 3. The van der Waals surface area contributed by atoms with Gasteiger partial charge in [0.25, 0.3) is 15.9 Å².